The summed E-state index contributed by atoms with van der Waals surface area (Å²) in [6.07, 6.45) is 1.35. The van der Waals surface area contributed by atoms with Gasteiger partial charge in [0.25, 0.3) is 0 Å². The fraction of sp³-hybridized carbons (Fsp3) is 0.600. The Bertz CT molecular complexity index is 488. The molecule has 0 aliphatic carbocycles. The maximum absolute atomic E-state index is 12.1. The Morgan fingerprint density at radius 2 is 2.05 bits per heavy atom. The molecule has 0 radical (unpaired) electrons. The van der Waals surface area contributed by atoms with Gasteiger partial charge in [-0.05, 0) is 18.1 Å². The van der Waals surface area contributed by atoms with E-state index in [2.05, 4.69) is 9.88 Å². The van der Waals surface area contributed by atoms with Crippen molar-refractivity contribution in [1.82, 2.24) is 9.88 Å². The maximum Gasteiger partial charge on any atom is 0.225 e. The quantitative estimate of drug-likeness (QED) is 0.921. The van der Waals surface area contributed by atoms with E-state index in [0.29, 0.717) is 31.2 Å². The highest BCUT2D eigenvalue weighted by molar-refractivity contribution is 6.32. The van der Waals surface area contributed by atoms with Crippen LogP contribution in [0.1, 0.15) is 20.3 Å². The van der Waals surface area contributed by atoms with Gasteiger partial charge in [0.2, 0.25) is 5.91 Å². The zero-order valence-electron chi connectivity index (χ0n) is 12.5. The zero-order chi connectivity index (χ0) is 15.4. The van der Waals surface area contributed by atoms with Crippen molar-refractivity contribution >= 4 is 23.3 Å². The molecule has 1 fully saturated rings. The summed E-state index contributed by atoms with van der Waals surface area (Å²) in [6, 6.07) is 3.62. The van der Waals surface area contributed by atoms with Gasteiger partial charge in [-0.25, -0.2) is 4.98 Å². The van der Waals surface area contributed by atoms with Crippen LogP contribution in [0.3, 0.4) is 0 Å². The number of carbonyl (C=O) groups is 1. The summed E-state index contributed by atoms with van der Waals surface area (Å²) < 4.78 is 0. The Morgan fingerprint density at radius 1 is 1.38 bits per heavy atom. The summed E-state index contributed by atoms with van der Waals surface area (Å²) in [5.41, 5.74) is 0. The van der Waals surface area contributed by atoms with Crippen molar-refractivity contribution in [2.45, 2.75) is 26.4 Å². The predicted octanol–water partition coefficient (Wildman–Crippen LogP) is 1.79. The molecule has 0 bridgehead atoms. The highest BCUT2D eigenvalue weighted by Crippen LogP contribution is 2.23. The highest BCUT2D eigenvalue weighted by atomic mass is 35.5. The van der Waals surface area contributed by atoms with E-state index in [9.17, 15) is 9.90 Å². The van der Waals surface area contributed by atoms with Gasteiger partial charge in [-0.15, -0.1) is 0 Å². The number of aromatic nitrogens is 1. The SMILES string of the molecule is CC(C)C(O)CC(=O)N1CCN(c2ncccc2Cl)CC1. The minimum absolute atomic E-state index is 0.0166. The number of amides is 1. The summed E-state index contributed by atoms with van der Waals surface area (Å²) in [7, 11) is 0. The van der Waals surface area contributed by atoms with E-state index in [1.54, 1.807) is 17.2 Å². The first-order chi connectivity index (χ1) is 9.99. The molecule has 1 saturated heterocycles. The molecular formula is C15H22ClN3O2. The Kier molecular flexibility index (Phi) is 5.42. The van der Waals surface area contributed by atoms with Crippen LogP contribution in [0.2, 0.25) is 5.02 Å². The Morgan fingerprint density at radius 3 is 2.62 bits per heavy atom. The Hall–Kier alpha value is -1.33. The number of anilines is 1. The molecule has 21 heavy (non-hydrogen) atoms. The second-order valence-corrected chi connectivity index (χ2v) is 6.10. The maximum atomic E-state index is 12.1. The van der Waals surface area contributed by atoms with Crippen molar-refractivity contribution in [2.24, 2.45) is 5.92 Å². The normalized spacial score (nSPS) is 17.2. The zero-order valence-corrected chi connectivity index (χ0v) is 13.3. The predicted molar refractivity (Wildman–Crippen MR) is 83.5 cm³/mol. The minimum Gasteiger partial charge on any atom is -0.392 e. The molecule has 2 rings (SSSR count). The van der Waals surface area contributed by atoms with Gasteiger partial charge in [-0.2, -0.15) is 0 Å². The van der Waals surface area contributed by atoms with Crippen LogP contribution in [0.15, 0.2) is 18.3 Å². The van der Waals surface area contributed by atoms with E-state index in [1.165, 1.54) is 0 Å². The topological polar surface area (TPSA) is 56.7 Å². The fourth-order valence-electron chi connectivity index (χ4n) is 2.32. The average molecular weight is 312 g/mol. The standard InChI is InChI=1S/C15H22ClN3O2/c1-11(2)13(20)10-14(21)18-6-8-19(9-7-18)15-12(16)4-3-5-17-15/h3-5,11,13,20H,6-10H2,1-2H3. The van der Waals surface area contributed by atoms with Gasteiger partial charge in [0.05, 0.1) is 17.5 Å². The second-order valence-electron chi connectivity index (χ2n) is 5.69. The van der Waals surface area contributed by atoms with E-state index in [-0.39, 0.29) is 18.2 Å². The minimum atomic E-state index is -0.569. The molecule has 1 aliphatic rings. The van der Waals surface area contributed by atoms with E-state index in [0.717, 1.165) is 5.82 Å². The monoisotopic (exact) mass is 311 g/mol. The van der Waals surface area contributed by atoms with Gasteiger partial charge in [-0.1, -0.05) is 25.4 Å². The van der Waals surface area contributed by atoms with Crippen molar-refractivity contribution in [3.8, 4) is 0 Å². The molecule has 2 heterocycles. The average Bonchev–Trinajstić information content (AvgIpc) is 2.47. The summed E-state index contributed by atoms with van der Waals surface area (Å²) in [6.45, 7) is 6.52. The van der Waals surface area contributed by atoms with Gasteiger partial charge in [0.15, 0.2) is 0 Å². The summed E-state index contributed by atoms with van der Waals surface area (Å²) in [5, 5.41) is 10.4. The lowest BCUT2D eigenvalue weighted by molar-refractivity contribution is -0.134. The molecule has 1 unspecified atom stereocenters. The van der Waals surface area contributed by atoms with Crippen LogP contribution in [0.5, 0.6) is 0 Å². The van der Waals surface area contributed by atoms with Crippen LogP contribution < -0.4 is 4.90 Å². The van der Waals surface area contributed by atoms with Crippen molar-refractivity contribution in [1.29, 1.82) is 0 Å². The smallest absolute Gasteiger partial charge is 0.225 e. The molecule has 1 aromatic rings. The Labute approximate surface area is 130 Å². The van der Waals surface area contributed by atoms with Crippen LogP contribution in [0.25, 0.3) is 0 Å². The number of hydrogen-bond acceptors (Lipinski definition) is 4. The van der Waals surface area contributed by atoms with Crippen molar-refractivity contribution in [2.75, 3.05) is 31.1 Å². The van der Waals surface area contributed by atoms with Crippen LogP contribution in [0.4, 0.5) is 5.82 Å². The van der Waals surface area contributed by atoms with E-state index >= 15 is 0 Å². The van der Waals surface area contributed by atoms with Crippen LogP contribution in [-0.4, -0.2) is 53.2 Å². The molecule has 5 nitrogen and oxygen atoms in total. The lowest BCUT2D eigenvalue weighted by atomic mass is 10.0. The lowest BCUT2D eigenvalue weighted by Gasteiger charge is -2.36. The van der Waals surface area contributed by atoms with Gasteiger partial charge in [-0.3, -0.25) is 4.79 Å². The second kappa shape index (κ2) is 7.09. The molecule has 1 amide bonds. The van der Waals surface area contributed by atoms with Crippen LogP contribution in [-0.2, 0) is 4.79 Å². The number of hydrogen-bond donors (Lipinski definition) is 1. The van der Waals surface area contributed by atoms with E-state index in [1.807, 2.05) is 19.9 Å². The Balaban J connectivity index is 1.89. The number of nitrogens with zero attached hydrogens (tertiary/aromatic N) is 3. The summed E-state index contributed by atoms with van der Waals surface area (Å²) >= 11 is 6.14. The fourth-order valence-corrected chi connectivity index (χ4v) is 2.56. The number of halogens is 1. The molecule has 1 atom stereocenters. The number of piperazine rings is 1. The third-order valence-corrected chi connectivity index (χ3v) is 4.12. The van der Waals surface area contributed by atoms with Gasteiger partial charge in [0.1, 0.15) is 5.82 Å². The number of pyridine rings is 1. The molecule has 0 aromatic carbocycles. The third kappa shape index (κ3) is 4.08. The lowest BCUT2D eigenvalue weighted by Crippen LogP contribution is -2.49. The largest absolute Gasteiger partial charge is 0.392 e. The number of aliphatic hydroxyl groups is 1. The van der Waals surface area contributed by atoms with Crippen molar-refractivity contribution in [3.63, 3.8) is 0 Å². The molecule has 0 saturated carbocycles. The number of rotatable bonds is 4. The summed E-state index contributed by atoms with van der Waals surface area (Å²) in [4.78, 5) is 20.3. The molecular weight excluding hydrogens is 290 g/mol. The first-order valence-electron chi connectivity index (χ1n) is 7.30. The van der Waals surface area contributed by atoms with Crippen molar-refractivity contribution in [3.05, 3.63) is 23.4 Å². The molecule has 6 heteroatoms. The molecule has 1 N–H and O–H groups in total. The molecule has 116 valence electrons. The number of aliphatic hydroxyl groups excluding tert-OH is 1. The highest BCUT2D eigenvalue weighted by Gasteiger charge is 2.25. The van der Waals surface area contributed by atoms with Gasteiger partial charge >= 0.3 is 0 Å². The van der Waals surface area contributed by atoms with E-state index < -0.39 is 6.10 Å². The number of carbonyl (C=O) groups excluding carboxylic acids is 1. The van der Waals surface area contributed by atoms with Crippen LogP contribution in [0, 0.1) is 5.92 Å². The first-order valence-corrected chi connectivity index (χ1v) is 7.68. The molecule has 0 spiro atoms. The summed E-state index contributed by atoms with van der Waals surface area (Å²) in [5.74, 6) is 0.888. The van der Waals surface area contributed by atoms with Crippen LogP contribution >= 0.6 is 11.6 Å². The van der Waals surface area contributed by atoms with Gasteiger partial charge < -0.3 is 14.9 Å². The van der Waals surface area contributed by atoms with E-state index in [4.69, 9.17) is 11.6 Å². The molecule has 1 aromatic heterocycles. The molecule has 1 aliphatic heterocycles. The first kappa shape index (κ1) is 16.0. The van der Waals surface area contributed by atoms with Crippen molar-refractivity contribution < 1.29 is 9.90 Å². The van der Waals surface area contributed by atoms with Gasteiger partial charge in [0, 0.05) is 32.4 Å². The third-order valence-electron chi connectivity index (χ3n) is 3.82.